The average molecular weight is 617 g/mol. The number of carbonyl (C=O) groups excluding carboxylic acids is 3. The summed E-state index contributed by atoms with van der Waals surface area (Å²) in [6.45, 7) is 0.522. The summed E-state index contributed by atoms with van der Waals surface area (Å²) in [5.74, 6) is -6.58. The van der Waals surface area contributed by atoms with Gasteiger partial charge in [0.2, 0.25) is 5.78 Å². The van der Waals surface area contributed by atoms with Crippen molar-refractivity contribution in [2.24, 2.45) is 17.6 Å². The van der Waals surface area contributed by atoms with Gasteiger partial charge in [-0.1, -0.05) is 24.3 Å². The zero-order valence-corrected chi connectivity index (χ0v) is 26.2. The molecule has 238 valence electrons. The summed E-state index contributed by atoms with van der Waals surface area (Å²) in [5, 5.41) is 45.7. The molecule has 0 aromatic heterocycles. The number of aliphatic hydroxyl groups excluding tert-OH is 2. The smallest absolute Gasteiger partial charge is 0.255 e. The Morgan fingerprint density at radius 3 is 2.18 bits per heavy atom. The van der Waals surface area contributed by atoms with Crippen LogP contribution in [0.3, 0.4) is 0 Å². The van der Waals surface area contributed by atoms with Gasteiger partial charge in [-0.05, 0) is 81.1 Å². The maximum absolute atomic E-state index is 14.2. The van der Waals surface area contributed by atoms with E-state index in [1.54, 1.807) is 25.1 Å². The first kappa shape index (κ1) is 30.8. The minimum absolute atomic E-state index is 0.0131. The summed E-state index contributed by atoms with van der Waals surface area (Å²) in [5.41, 5.74) is 6.71. The molecule has 2 aromatic rings. The van der Waals surface area contributed by atoms with Crippen molar-refractivity contribution in [3.8, 4) is 5.75 Å². The molecule has 4 aliphatic rings. The number of anilines is 1. The Morgan fingerprint density at radius 2 is 1.62 bits per heavy atom. The van der Waals surface area contributed by atoms with E-state index in [0.717, 1.165) is 24.1 Å². The number of ketones is 2. The lowest BCUT2D eigenvalue weighted by atomic mass is 9.58. The predicted octanol–water partition coefficient (Wildman–Crippen LogP) is 1.79. The van der Waals surface area contributed by atoms with Crippen LogP contribution in [0, 0.1) is 11.8 Å². The average Bonchev–Trinajstić information content (AvgIpc) is 3.39. The van der Waals surface area contributed by atoms with E-state index in [9.17, 15) is 34.8 Å². The van der Waals surface area contributed by atoms with Crippen LogP contribution < -0.4 is 10.6 Å². The van der Waals surface area contributed by atoms with Crippen molar-refractivity contribution < 1.29 is 34.8 Å². The highest BCUT2D eigenvalue weighted by atomic mass is 16.3. The minimum Gasteiger partial charge on any atom is -0.510 e. The van der Waals surface area contributed by atoms with Crippen LogP contribution in [0.1, 0.15) is 39.0 Å². The number of phenols is 1. The Morgan fingerprint density at radius 1 is 1.00 bits per heavy atom. The zero-order valence-electron chi connectivity index (χ0n) is 26.2. The SMILES string of the molecule is CN(C)c1c(CN(C)C2Cc3ccccc3C2)cc(O)c2c1C[C@H]1C[C@H]3[C@H](N(C)C)C(O)=C(C(N)=O)C(=O)[C@@]3(O)C(O)=C1C2=O. The number of amides is 1. The highest BCUT2D eigenvalue weighted by Gasteiger charge is 2.63. The third-order valence-electron chi connectivity index (χ3n) is 10.3. The number of likely N-dealkylation sites (N-methyl/N-ethyl adjacent to an activating group) is 2. The molecule has 11 nitrogen and oxygen atoms in total. The number of nitrogens with zero attached hydrogens (tertiary/aromatic N) is 3. The second-order valence-corrected chi connectivity index (χ2v) is 13.4. The normalized spacial score (nSPS) is 26.3. The minimum atomic E-state index is -2.66. The molecule has 0 radical (unpaired) electrons. The predicted molar refractivity (Wildman–Crippen MR) is 167 cm³/mol. The molecule has 4 atom stereocenters. The highest BCUT2D eigenvalue weighted by Crippen LogP contribution is 2.53. The summed E-state index contributed by atoms with van der Waals surface area (Å²) in [7, 11) is 9.04. The quantitative estimate of drug-likeness (QED) is 0.302. The van der Waals surface area contributed by atoms with Crippen LogP contribution >= 0.6 is 0 Å². The third-order valence-corrected chi connectivity index (χ3v) is 10.3. The van der Waals surface area contributed by atoms with Gasteiger partial charge in [0.25, 0.3) is 5.91 Å². The van der Waals surface area contributed by atoms with Crippen molar-refractivity contribution in [1.82, 2.24) is 9.80 Å². The van der Waals surface area contributed by atoms with Crippen molar-refractivity contribution >= 4 is 23.2 Å². The van der Waals surface area contributed by atoms with E-state index in [0.29, 0.717) is 12.1 Å². The number of aliphatic hydroxyl groups is 3. The third kappa shape index (κ3) is 4.47. The number of allylic oxidation sites excluding steroid dienone is 1. The molecule has 11 heteroatoms. The van der Waals surface area contributed by atoms with Gasteiger partial charge in [0.15, 0.2) is 11.4 Å². The molecule has 0 heterocycles. The molecule has 0 aliphatic heterocycles. The lowest BCUT2D eigenvalue weighted by molar-refractivity contribution is -0.148. The van der Waals surface area contributed by atoms with Gasteiger partial charge < -0.3 is 31.1 Å². The molecule has 6 rings (SSSR count). The van der Waals surface area contributed by atoms with E-state index in [4.69, 9.17) is 5.73 Å². The number of phenolic OH excluding ortho intramolecular Hbond substituents is 1. The first-order valence-corrected chi connectivity index (χ1v) is 15.1. The molecule has 6 N–H and O–H groups in total. The van der Waals surface area contributed by atoms with Gasteiger partial charge in [0.05, 0.1) is 11.6 Å². The molecule has 2 aromatic carbocycles. The van der Waals surface area contributed by atoms with Gasteiger partial charge in [-0.15, -0.1) is 0 Å². The van der Waals surface area contributed by atoms with Gasteiger partial charge in [-0.2, -0.15) is 0 Å². The number of primary amides is 1. The molecule has 0 spiro atoms. The van der Waals surface area contributed by atoms with Crippen LogP contribution in [0.2, 0.25) is 0 Å². The van der Waals surface area contributed by atoms with Gasteiger partial charge in [0, 0.05) is 43.9 Å². The Labute approximate surface area is 261 Å². The van der Waals surface area contributed by atoms with E-state index in [1.807, 2.05) is 19.0 Å². The lowest BCUT2D eigenvalue weighted by Gasteiger charge is -2.50. The number of aromatic hydroxyl groups is 1. The van der Waals surface area contributed by atoms with Crippen molar-refractivity contribution in [3.63, 3.8) is 0 Å². The van der Waals surface area contributed by atoms with Crippen LogP contribution in [-0.2, 0) is 35.4 Å². The Hall–Kier alpha value is -4.19. The largest absolute Gasteiger partial charge is 0.510 e. The number of hydrogen-bond donors (Lipinski definition) is 5. The molecule has 0 unspecified atom stereocenters. The maximum Gasteiger partial charge on any atom is 0.255 e. The van der Waals surface area contributed by atoms with Crippen molar-refractivity contribution in [1.29, 1.82) is 0 Å². The van der Waals surface area contributed by atoms with E-state index >= 15 is 0 Å². The number of benzene rings is 2. The zero-order chi connectivity index (χ0) is 32.7. The summed E-state index contributed by atoms with van der Waals surface area (Å²) in [6.07, 6.45) is 2.12. The number of fused-ring (bicyclic) bond motifs is 4. The summed E-state index contributed by atoms with van der Waals surface area (Å²) >= 11 is 0. The lowest BCUT2D eigenvalue weighted by Crippen LogP contribution is -2.63. The Bertz CT molecular complexity index is 1690. The molecule has 4 aliphatic carbocycles. The molecular formula is C34H40N4O7. The van der Waals surface area contributed by atoms with E-state index < -0.39 is 58.0 Å². The molecule has 0 fully saturated rings. The number of rotatable bonds is 6. The standard InChI is InChI=1S/C34H40N4O7/c1-36(2)27-19(15-38(5)20-10-16-8-6-7-9-17(16)11-20)14-23(39)25-21(27)12-18-13-22-28(37(3)4)30(41)26(33(35)44)32(43)34(22,45)31(42)24(18)29(25)40/h6-9,14,18,20,22,28,39,41-42,45H,10-13,15H2,1-5H3,(H2,35,44)/t18-,22-,28-,34-/m0/s1. The second-order valence-electron chi connectivity index (χ2n) is 13.4. The molecule has 1 amide bonds. The second kappa shape index (κ2) is 10.7. The van der Waals surface area contributed by atoms with Crippen LogP contribution in [0.4, 0.5) is 5.69 Å². The van der Waals surface area contributed by atoms with Crippen LogP contribution in [-0.4, -0.2) is 101 Å². The van der Waals surface area contributed by atoms with Crippen molar-refractivity contribution in [2.75, 3.05) is 40.1 Å². The Balaban J connectivity index is 1.43. The molecule has 0 saturated heterocycles. The summed E-state index contributed by atoms with van der Waals surface area (Å²) in [6, 6.07) is 9.24. The Kier molecular flexibility index (Phi) is 7.34. The van der Waals surface area contributed by atoms with E-state index in [1.165, 1.54) is 11.1 Å². The summed E-state index contributed by atoms with van der Waals surface area (Å²) < 4.78 is 0. The van der Waals surface area contributed by atoms with Crippen LogP contribution in [0.15, 0.2) is 53.0 Å². The van der Waals surface area contributed by atoms with Gasteiger partial charge in [-0.25, -0.2) is 0 Å². The number of carbonyl (C=O) groups is 3. The molecule has 0 saturated carbocycles. The summed E-state index contributed by atoms with van der Waals surface area (Å²) in [4.78, 5) is 45.6. The first-order chi connectivity index (χ1) is 21.2. The first-order valence-electron chi connectivity index (χ1n) is 15.1. The number of nitrogens with two attached hydrogens (primary N) is 1. The van der Waals surface area contributed by atoms with Crippen molar-refractivity contribution in [3.05, 3.63) is 80.8 Å². The van der Waals surface area contributed by atoms with Crippen molar-refractivity contribution in [2.45, 2.75) is 49.9 Å². The monoisotopic (exact) mass is 616 g/mol. The van der Waals surface area contributed by atoms with Gasteiger partial charge in [-0.3, -0.25) is 24.2 Å². The molecule has 0 bridgehead atoms. The fraction of sp³-hybridized carbons (Fsp3) is 0.441. The van der Waals surface area contributed by atoms with Crippen LogP contribution in [0.25, 0.3) is 0 Å². The van der Waals surface area contributed by atoms with Gasteiger partial charge in [0.1, 0.15) is 22.8 Å². The number of hydrogen-bond acceptors (Lipinski definition) is 10. The number of Topliss-reactive ketones (excluding diaryl/α,β-unsaturated/α-hetero) is 2. The highest BCUT2D eigenvalue weighted by molar-refractivity contribution is 6.24. The maximum atomic E-state index is 14.2. The topological polar surface area (TPSA) is 168 Å². The fourth-order valence-electron chi connectivity index (χ4n) is 8.30. The van der Waals surface area contributed by atoms with E-state index in [2.05, 4.69) is 36.2 Å². The molecule has 45 heavy (non-hydrogen) atoms. The fourth-order valence-corrected chi connectivity index (χ4v) is 8.30. The molecular weight excluding hydrogens is 576 g/mol. The van der Waals surface area contributed by atoms with Crippen LogP contribution in [0.5, 0.6) is 5.75 Å². The van der Waals surface area contributed by atoms with E-state index in [-0.39, 0.29) is 35.8 Å². The van der Waals surface area contributed by atoms with Gasteiger partial charge >= 0.3 is 0 Å².